The second-order valence-corrected chi connectivity index (χ2v) is 3.54. The van der Waals surface area contributed by atoms with Crippen LogP contribution in [0.3, 0.4) is 0 Å². The van der Waals surface area contributed by atoms with Crippen LogP contribution in [0, 0.1) is 0 Å². The van der Waals surface area contributed by atoms with Crippen molar-refractivity contribution in [3.63, 3.8) is 0 Å². The highest BCUT2D eigenvalue weighted by Crippen LogP contribution is 2.15. The van der Waals surface area contributed by atoms with E-state index in [1.54, 1.807) is 0 Å². The predicted molar refractivity (Wildman–Crippen MR) is 50.0 cm³/mol. The van der Waals surface area contributed by atoms with E-state index in [4.69, 9.17) is 4.74 Å². The lowest BCUT2D eigenvalue weighted by atomic mass is 10.2. The van der Waals surface area contributed by atoms with Gasteiger partial charge >= 0.3 is 6.55 Å². The minimum absolute atomic E-state index is 0.333. The van der Waals surface area contributed by atoms with Gasteiger partial charge in [0, 0.05) is 6.04 Å². The zero-order valence-corrected chi connectivity index (χ0v) is 8.20. The van der Waals surface area contributed by atoms with Crippen molar-refractivity contribution >= 4 is 0 Å². The number of rotatable bonds is 4. The molecule has 2 rings (SSSR count). The first-order chi connectivity index (χ1) is 7.25. The summed E-state index contributed by atoms with van der Waals surface area (Å²) >= 11 is 0. The van der Waals surface area contributed by atoms with Crippen molar-refractivity contribution in [1.29, 1.82) is 0 Å². The zero-order chi connectivity index (χ0) is 10.7. The van der Waals surface area contributed by atoms with E-state index in [0.29, 0.717) is 23.1 Å². The number of halogens is 2. The molecule has 2 heterocycles. The van der Waals surface area contributed by atoms with Gasteiger partial charge < -0.3 is 10.1 Å². The van der Waals surface area contributed by atoms with Crippen LogP contribution in [0.1, 0.15) is 19.4 Å². The van der Waals surface area contributed by atoms with Crippen LogP contribution in [0.4, 0.5) is 8.78 Å². The van der Waals surface area contributed by atoms with Gasteiger partial charge in [-0.2, -0.15) is 13.9 Å². The molecule has 1 aromatic heterocycles. The van der Waals surface area contributed by atoms with Gasteiger partial charge in [-0.25, -0.2) is 4.68 Å². The molecule has 1 fully saturated rings. The van der Waals surface area contributed by atoms with Crippen LogP contribution >= 0.6 is 0 Å². The summed E-state index contributed by atoms with van der Waals surface area (Å²) in [6.07, 6.45) is 4.73. The normalized spacial score (nSPS) is 21.1. The standard InChI is InChI=1S/C9H13F2N3O/c10-9(11)14-5-8(4-13-14)15-6-7-2-1-3-12-7/h4-5,7,9,12H,1-3,6H2/t7-/m1/s1. The molecule has 15 heavy (non-hydrogen) atoms. The maximum Gasteiger partial charge on any atom is 0.333 e. The van der Waals surface area contributed by atoms with Crippen molar-refractivity contribution in [3.05, 3.63) is 12.4 Å². The largest absolute Gasteiger partial charge is 0.489 e. The molecule has 0 saturated carbocycles. The maximum absolute atomic E-state index is 12.2. The van der Waals surface area contributed by atoms with Crippen molar-refractivity contribution in [2.45, 2.75) is 25.4 Å². The van der Waals surface area contributed by atoms with Crippen LogP contribution in [0.15, 0.2) is 12.4 Å². The third-order valence-electron chi connectivity index (χ3n) is 2.39. The van der Waals surface area contributed by atoms with Crippen LogP contribution in [-0.4, -0.2) is 29.0 Å². The molecular weight excluding hydrogens is 204 g/mol. The number of aromatic nitrogens is 2. The molecule has 1 aliphatic heterocycles. The van der Waals surface area contributed by atoms with Gasteiger partial charge in [0.2, 0.25) is 0 Å². The Morgan fingerprint density at radius 1 is 1.67 bits per heavy atom. The van der Waals surface area contributed by atoms with Crippen LogP contribution in [-0.2, 0) is 0 Å². The topological polar surface area (TPSA) is 39.1 Å². The van der Waals surface area contributed by atoms with E-state index in [1.165, 1.54) is 12.4 Å². The smallest absolute Gasteiger partial charge is 0.333 e. The minimum atomic E-state index is -2.60. The summed E-state index contributed by atoms with van der Waals surface area (Å²) < 4.78 is 30.2. The lowest BCUT2D eigenvalue weighted by Gasteiger charge is -2.09. The number of hydrogen-bond donors (Lipinski definition) is 1. The fraction of sp³-hybridized carbons (Fsp3) is 0.667. The Bertz CT molecular complexity index is 310. The Morgan fingerprint density at radius 3 is 3.13 bits per heavy atom. The van der Waals surface area contributed by atoms with Gasteiger partial charge in [0.25, 0.3) is 0 Å². The van der Waals surface area contributed by atoms with E-state index in [1.807, 2.05) is 0 Å². The van der Waals surface area contributed by atoms with E-state index in [-0.39, 0.29) is 0 Å². The predicted octanol–water partition coefficient (Wildman–Crippen LogP) is 1.41. The lowest BCUT2D eigenvalue weighted by Crippen LogP contribution is -2.28. The highest BCUT2D eigenvalue weighted by atomic mass is 19.3. The average molecular weight is 217 g/mol. The van der Waals surface area contributed by atoms with E-state index < -0.39 is 6.55 Å². The molecule has 1 aromatic rings. The van der Waals surface area contributed by atoms with E-state index in [2.05, 4.69) is 10.4 Å². The number of alkyl halides is 2. The molecule has 0 bridgehead atoms. The van der Waals surface area contributed by atoms with Gasteiger partial charge in [0.1, 0.15) is 6.61 Å². The first-order valence-corrected chi connectivity index (χ1v) is 4.94. The molecule has 1 saturated heterocycles. The molecule has 0 amide bonds. The summed E-state index contributed by atoms with van der Waals surface area (Å²) in [6.45, 7) is -1.09. The van der Waals surface area contributed by atoms with Gasteiger partial charge in [-0.05, 0) is 19.4 Å². The van der Waals surface area contributed by atoms with Crippen molar-refractivity contribution in [1.82, 2.24) is 15.1 Å². The highest BCUT2D eigenvalue weighted by Gasteiger charge is 2.15. The molecule has 84 valence electrons. The van der Waals surface area contributed by atoms with Crippen LogP contribution in [0.25, 0.3) is 0 Å². The summed E-state index contributed by atoms with van der Waals surface area (Å²) in [5.74, 6) is 0.393. The Kier molecular flexibility index (Phi) is 3.15. The van der Waals surface area contributed by atoms with Gasteiger partial charge in [-0.1, -0.05) is 0 Å². The second kappa shape index (κ2) is 4.57. The second-order valence-electron chi connectivity index (χ2n) is 3.54. The molecule has 1 N–H and O–H groups in total. The molecule has 6 heteroatoms. The zero-order valence-electron chi connectivity index (χ0n) is 8.20. The summed E-state index contributed by atoms with van der Waals surface area (Å²) in [5, 5.41) is 6.74. The van der Waals surface area contributed by atoms with E-state index in [9.17, 15) is 8.78 Å². The maximum atomic E-state index is 12.2. The Labute approximate surface area is 86.2 Å². The van der Waals surface area contributed by atoms with Gasteiger partial charge in [-0.3, -0.25) is 0 Å². The third-order valence-corrected chi connectivity index (χ3v) is 2.39. The lowest BCUT2D eigenvalue weighted by molar-refractivity contribution is 0.0562. The molecule has 1 aliphatic rings. The number of hydrogen-bond acceptors (Lipinski definition) is 3. The Morgan fingerprint density at radius 2 is 2.53 bits per heavy atom. The monoisotopic (exact) mass is 217 g/mol. The first-order valence-electron chi connectivity index (χ1n) is 4.94. The molecule has 0 unspecified atom stereocenters. The molecule has 0 spiro atoms. The van der Waals surface area contributed by atoms with Gasteiger partial charge in [0.15, 0.2) is 5.75 Å². The minimum Gasteiger partial charge on any atom is -0.489 e. The molecule has 4 nitrogen and oxygen atoms in total. The number of nitrogens with one attached hydrogen (secondary N) is 1. The van der Waals surface area contributed by atoms with E-state index >= 15 is 0 Å². The van der Waals surface area contributed by atoms with Gasteiger partial charge in [0.05, 0.1) is 12.4 Å². The van der Waals surface area contributed by atoms with Crippen molar-refractivity contribution in [2.75, 3.05) is 13.2 Å². The fourth-order valence-corrected chi connectivity index (χ4v) is 1.60. The molecule has 0 aromatic carbocycles. The molecule has 0 radical (unpaired) electrons. The molecule has 0 aliphatic carbocycles. The number of ether oxygens (including phenoxy) is 1. The van der Waals surface area contributed by atoms with Gasteiger partial charge in [-0.15, -0.1) is 0 Å². The van der Waals surface area contributed by atoms with Crippen LogP contribution in [0.5, 0.6) is 5.75 Å². The SMILES string of the molecule is FC(F)n1cc(OC[C@H]2CCCN2)cn1. The highest BCUT2D eigenvalue weighted by molar-refractivity contribution is 5.11. The van der Waals surface area contributed by atoms with E-state index in [0.717, 1.165) is 19.4 Å². The average Bonchev–Trinajstić information content (AvgIpc) is 2.86. The summed E-state index contributed by atoms with van der Waals surface area (Å²) in [6, 6.07) is 0.333. The van der Waals surface area contributed by atoms with Crippen molar-refractivity contribution in [3.8, 4) is 5.75 Å². The quantitative estimate of drug-likeness (QED) is 0.828. The van der Waals surface area contributed by atoms with Crippen LogP contribution < -0.4 is 10.1 Å². The fourth-order valence-electron chi connectivity index (χ4n) is 1.60. The molecule has 1 atom stereocenters. The summed E-state index contributed by atoms with van der Waals surface area (Å²) in [4.78, 5) is 0. The Hall–Kier alpha value is -1.17. The number of nitrogens with zero attached hydrogens (tertiary/aromatic N) is 2. The van der Waals surface area contributed by atoms with Crippen molar-refractivity contribution < 1.29 is 13.5 Å². The summed E-state index contributed by atoms with van der Waals surface area (Å²) in [5.41, 5.74) is 0. The first kappa shape index (κ1) is 10.4. The van der Waals surface area contributed by atoms with Crippen molar-refractivity contribution in [2.24, 2.45) is 0 Å². The summed E-state index contributed by atoms with van der Waals surface area (Å²) in [7, 11) is 0. The Balaban J connectivity index is 1.82. The molecular formula is C9H13F2N3O. The van der Waals surface area contributed by atoms with Crippen LogP contribution in [0.2, 0.25) is 0 Å². The third kappa shape index (κ3) is 2.65.